The van der Waals surface area contributed by atoms with Gasteiger partial charge in [0.05, 0.1) is 0 Å². The van der Waals surface area contributed by atoms with Gasteiger partial charge in [0.2, 0.25) is 0 Å². The topological polar surface area (TPSA) is 15.3 Å². The molecule has 0 bridgehead atoms. The van der Waals surface area contributed by atoms with Crippen molar-refractivity contribution in [3.05, 3.63) is 34.9 Å². The minimum Gasteiger partial charge on any atom is -0.315 e. The van der Waals surface area contributed by atoms with E-state index in [2.05, 4.69) is 22.3 Å². The summed E-state index contributed by atoms with van der Waals surface area (Å²) in [7, 11) is 0. The number of hydrogen-bond donors (Lipinski definition) is 1. The second-order valence-electron chi connectivity index (χ2n) is 5.22. The predicted molar refractivity (Wildman–Crippen MR) is 71.2 cm³/mol. The van der Waals surface area contributed by atoms with E-state index in [0.29, 0.717) is 0 Å². The number of piperidine rings is 1. The molecule has 0 saturated carbocycles. The molecule has 92 valence electrons. The molecule has 2 saturated heterocycles. The average molecular weight is 251 g/mol. The molecule has 2 aliphatic rings. The van der Waals surface area contributed by atoms with Crippen LogP contribution in [0.25, 0.3) is 0 Å². The van der Waals surface area contributed by atoms with Crippen molar-refractivity contribution in [3.63, 3.8) is 0 Å². The van der Waals surface area contributed by atoms with Crippen molar-refractivity contribution in [3.8, 4) is 0 Å². The molecule has 2 unspecified atom stereocenters. The van der Waals surface area contributed by atoms with Gasteiger partial charge in [-0.25, -0.2) is 0 Å². The smallest absolute Gasteiger partial charge is 0.0406 e. The van der Waals surface area contributed by atoms with Crippen LogP contribution in [0.3, 0.4) is 0 Å². The number of nitrogens with zero attached hydrogens (tertiary/aromatic N) is 1. The van der Waals surface area contributed by atoms with Crippen molar-refractivity contribution in [1.82, 2.24) is 10.2 Å². The number of likely N-dealkylation sites (tertiary alicyclic amines) is 1. The summed E-state index contributed by atoms with van der Waals surface area (Å²) in [5, 5.41) is 4.35. The first-order chi connectivity index (χ1) is 8.33. The summed E-state index contributed by atoms with van der Waals surface area (Å²) in [6.07, 6.45) is 2.74. The van der Waals surface area contributed by atoms with E-state index in [0.717, 1.165) is 30.1 Å². The molecule has 2 fully saturated rings. The Labute approximate surface area is 108 Å². The van der Waals surface area contributed by atoms with Crippen LogP contribution in [0.2, 0.25) is 5.02 Å². The lowest BCUT2D eigenvalue weighted by molar-refractivity contribution is 0.117. The molecule has 2 heterocycles. The quantitative estimate of drug-likeness (QED) is 0.868. The van der Waals surface area contributed by atoms with Crippen molar-refractivity contribution in [2.75, 3.05) is 19.6 Å². The van der Waals surface area contributed by atoms with Crippen LogP contribution in [0.4, 0.5) is 0 Å². The van der Waals surface area contributed by atoms with Crippen LogP contribution in [-0.2, 0) is 6.54 Å². The number of fused-ring (bicyclic) bond motifs is 1. The molecule has 0 aliphatic carbocycles. The van der Waals surface area contributed by atoms with Crippen molar-refractivity contribution in [2.45, 2.75) is 25.4 Å². The fraction of sp³-hybridized carbons (Fsp3) is 0.571. The zero-order chi connectivity index (χ0) is 11.7. The zero-order valence-electron chi connectivity index (χ0n) is 10.0. The molecule has 0 radical (unpaired) electrons. The van der Waals surface area contributed by atoms with Crippen LogP contribution in [0, 0.1) is 5.92 Å². The summed E-state index contributed by atoms with van der Waals surface area (Å²) in [6.45, 7) is 4.69. The van der Waals surface area contributed by atoms with Crippen LogP contribution in [0.5, 0.6) is 0 Å². The summed E-state index contributed by atoms with van der Waals surface area (Å²) < 4.78 is 0. The predicted octanol–water partition coefficient (Wildman–Crippen LogP) is 2.52. The van der Waals surface area contributed by atoms with E-state index in [1.165, 1.54) is 31.5 Å². The van der Waals surface area contributed by atoms with E-state index in [-0.39, 0.29) is 0 Å². The molecule has 2 aliphatic heterocycles. The van der Waals surface area contributed by atoms with Crippen LogP contribution in [-0.4, -0.2) is 30.6 Å². The zero-order valence-corrected chi connectivity index (χ0v) is 10.8. The lowest BCUT2D eigenvalue weighted by Gasteiger charge is -2.37. The molecule has 2 atom stereocenters. The van der Waals surface area contributed by atoms with Gasteiger partial charge < -0.3 is 5.32 Å². The van der Waals surface area contributed by atoms with Gasteiger partial charge in [0.1, 0.15) is 0 Å². The van der Waals surface area contributed by atoms with Crippen LogP contribution in [0.1, 0.15) is 18.4 Å². The minimum atomic E-state index is 0.749. The van der Waals surface area contributed by atoms with E-state index in [4.69, 9.17) is 11.6 Å². The number of benzene rings is 1. The van der Waals surface area contributed by atoms with Crippen LogP contribution < -0.4 is 5.32 Å². The number of rotatable bonds is 2. The van der Waals surface area contributed by atoms with E-state index in [1.807, 2.05) is 12.1 Å². The first-order valence-corrected chi connectivity index (χ1v) is 6.90. The van der Waals surface area contributed by atoms with E-state index >= 15 is 0 Å². The average Bonchev–Trinajstić information content (AvgIpc) is 2.81. The monoisotopic (exact) mass is 250 g/mol. The van der Waals surface area contributed by atoms with Crippen molar-refractivity contribution < 1.29 is 0 Å². The molecular weight excluding hydrogens is 232 g/mol. The first kappa shape index (κ1) is 11.5. The maximum absolute atomic E-state index is 5.92. The van der Waals surface area contributed by atoms with Crippen molar-refractivity contribution >= 4 is 11.6 Å². The molecule has 0 amide bonds. The Bertz CT molecular complexity index is 376. The van der Waals surface area contributed by atoms with E-state index in [1.54, 1.807) is 0 Å². The Morgan fingerprint density at radius 3 is 2.88 bits per heavy atom. The molecule has 0 spiro atoms. The summed E-state index contributed by atoms with van der Waals surface area (Å²) in [6, 6.07) is 9.03. The van der Waals surface area contributed by atoms with Gasteiger partial charge >= 0.3 is 0 Å². The highest BCUT2D eigenvalue weighted by Gasteiger charge is 2.34. The van der Waals surface area contributed by atoms with Crippen LogP contribution >= 0.6 is 11.6 Å². The normalized spacial score (nSPS) is 29.2. The second kappa shape index (κ2) is 4.97. The third kappa shape index (κ3) is 2.49. The Balaban J connectivity index is 1.69. The van der Waals surface area contributed by atoms with Crippen LogP contribution in [0.15, 0.2) is 24.3 Å². The minimum absolute atomic E-state index is 0.749. The third-order valence-electron chi connectivity index (χ3n) is 4.09. The van der Waals surface area contributed by atoms with Gasteiger partial charge in [-0.15, -0.1) is 0 Å². The Hall–Kier alpha value is -0.570. The summed E-state index contributed by atoms with van der Waals surface area (Å²) >= 11 is 5.92. The van der Waals surface area contributed by atoms with Gasteiger partial charge in [-0.2, -0.15) is 0 Å². The van der Waals surface area contributed by atoms with Gasteiger partial charge in [0.15, 0.2) is 0 Å². The highest BCUT2D eigenvalue weighted by atomic mass is 35.5. The first-order valence-electron chi connectivity index (χ1n) is 6.52. The third-order valence-corrected chi connectivity index (χ3v) is 4.34. The Kier molecular flexibility index (Phi) is 3.37. The lowest BCUT2D eigenvalue weighted by Crippen LogP contribution is -2.44. The largest absolute Gasteiger partial charge is 0.315 e. The molecule has 1 aromatic rings. The number of halogens is 1. The molecule has 2 nitrogen and oxygen atoms in total. The molecule has 3 heteroatoms. The maximum atomic E-state index is 5.92. The summed E-state index contributed by atoms with van der Waals surface area (Å²) in [4.78, 5) is 2.64. The fourth-order valence-electron chi connectivity index (χ4n) is 3.18. The number of nitrogens with one attached hydrogen (secondary N) is 1. The highest BCUT2D eigenvalue weighted by molar-refractivity contribution is 6.30. The summed E-state index contributed by atoms with van der Waals surface area (Å²) in [5.74, 6) is 0.871. The van der Waals surface area contributed by atoms with Gasteiger partial charge in [0.25, 0.3) is 0 Å². The molecular formula is C14H19ClN2. The second-order valence-corrected chi connectivity index (χ2v) is 5.66. The maximum Gasteiger partial charge on any atom is 0.0406 e. The molecule has 17 heavy (non-hydrogen) atoms. The van der Waals surface area contributed by atoms with Gasteiger partial charge in [-0.3, -0.25) is 4.90 Å². The number of hydrogen-bond acceptors (Lipinski definition) is 2. The SMILES string of the molecule is Clc1ccc(CN2CCCC3CNCC32)cc1. The molecule has 1 N–H and O–H groups in total. The summed E-state index contributed by atoms with van der Waals surface area (Å²) in [5.41, 5.74) is 1.38. The van der Waals surface area contributed by atoms with E-state index in [9.17, 15) is 0 Å². The standard InChI is InChI=1S/C14H19ClN2/c15-13-5-3-11(4-6-13)10-17-7-1-2-12-8-16-9-14(12)17/h3-6,12,14,16H,1-2,7-10H2. The molecule has 0 aromatic heterocycles. The van der Waals surface area contributed by atoms with Gasteiger partial charge in [-0.1, -0.05) is 23.7 Å². The Morgan fingerprint density at radius 1 is 1.24 bits per heavy atom. The van der Waals surface area contributed by atoms with Gasteiger partial charge in [-0.05, 0) is 49.5 Å². The van der Waals surface area contributed by atoms with Gasteiger partial charge in [0, 0.05) is 24.2 Å². The molecule has 1 aromatic carbocycles. The van der Waals surface area contributed by atoms with E-state index < -0.39 is 0 Å². The lowest BCUT2D eigenvalue weighted by atomic mass is 9.92. The fourth-order valence-corrected chi connectivity index (χ4v) is 3.31. The Morgan fingerprint density at radius 2 is 2.06 bits per heavy atom. The highest BCUT2D eigenvalue weighted by Crippen LogP contribution is 2.27. The van der Waals surface area contributed by atoms with Crippen molar-refractivity contribution in [1.29, 1.82) is 0 Å². The molecule has 3 rings (SSSR count). The van der Waals surface area contributed by atoms with Crippen molar-refractivity contribution in [2.24, 2.45) is 5.92 Å².